The van der Waals surface area contributed by atoms with Crippen molar-refractivity contribution < 1.29 is 40.7 Å². The van der Waals surface area contributed by atoms with Crippen LogP contribution < -0.4 is 5.48 Å². The fourth-order valence-electron chi connectivity index (χ4n) is 5.98. The first-order valence-electron chi connectivity index (χ1n) is 15.6. The number of aromatic amines is 1. The van der Waals surface area contributed by atoms with Crippen molar-refractivity contribution in [3.05, 3.63) is 82.7 Å². The quantitative estimate of drug-likeness (QED) is 0.155. The van der Waals surface area contributed by atoms with Gasteiger partial charge in [0.2, 0.25) is 0 Å². The van der Waals surface area contributed by atoms with Crippen molar-refractivity contribution in [2.75, 3.05) is 65.6 Å². The van der Waals surface area contributed by atoms with Crippen LogP contribution >= 0.6 is 0 Å². The van der Waals surface area contributed by atoms with Crippen LogP contribution in [0.4, 0.5) is 26.3 Å². The molecule has 2 aliphatic rings. The maximum Gasteiger partial charge on any atom is 0.416 e. The van der Waals surface area contributed by atoms with Gasteiger partial charge in [-0.3, -0.25) is 24.9 Å². The number of piperazine rings is 1. The third-order valence-electron chi connectivity index (χ3n) is 8.51. The Labute approximate surface area is 269 Å². The number of morpholine rings is 1. The van der Waals surface area contributed by atoms with Crippen molar-refractivity contribution in [2.24, 2.45) is 0 Å². The third-order valence-corrected chi connectivity index (χ3v) is 8.51. The Bertz CT molecular complexity index is 1500. The molecule has 8 nitrogen and oxygen atoms in total. The highest BCUT2D eigenvalue weighted by molar-refractivity contribution is 5.95. The van der Waals surface area contributed by atoms with E-state index in [0.29, 0.717) is 44.8 Å². The van der Waals surface area contributed by atoms with Gasteiger partial charge in [0.1, 0.15) is 0 Å². The fraction of sp³-hybridized carbons (Fsp3) is 0.485. The molecule has 2 fully saturated rings. The Kier molecular flexibility index (Phi) is 11.2. The summed E-state index contributed by atoms with van der Waals surface area (Å²) in [5.41, 5.74) is 1.85. The van der Waals surface area contributed by atoms with E-state index in [1.807, 2.05) is 43.5 Å². The van der Waals surface area contributed by atoms with Gasteiger partial charge in [-0.2, -0.15) is 26.3 Å². The summed E-state index contributed by atoms with van der Waals surface area (Å²) in [4.78, 5) is 28.4. The van der Waals surface area contributed by atoms with Gasteiger partial charge in [0, 0.05) is 80.2 Å². The minimum absolute atomic E-state index is 0.0364. The number of carbonyl (C=O) groups is 1. The van der Waals surface area contributed by atoms with Crippen molar-refractivity contribution in [3.8, 4) is 0 Å². The van der Waals surface area contributed by atoms with E-state index in [1.54, 1.807) is 0 Å². The molecule has 2 saturated heterocycles. The smallest absolute Gasteiger partial charge is 0.379 e. The summed E-state index contributed by atoms with van der Waals surface area (Å²) in [6.45, 7) is 8.03. The van der Waals surface area contributed by atoms with Crippen LogP contribution in [0.5, 0.6) is 0 Å². The number of benzene rings is 2. The normalized spacial score (nSPS) is 19.0. The minimum atomic E-state index is -5.05. The monoisotopic (exact) mass is 667 g/mol. The average molecular weight is 668 g/mol. The minimum Gasteiger partial charge on any atom is -0.379 e. The molecule has 0 aliphatic carbocycles. The predicted octanol–water partition coefficient (Wildman–Crippen LogP) is 5.72. The third kappa shape index (κ3) is 9.28. The molecule has 1 aromatic heterocycles. The van der Waals surface area contributed by atoms with E-state index in [0.717, 1.165) is 61.4 Å². The largest absolute Gasteiger partial charge is 0.416 e. The van der Waals surface area contributed by atoms with Gasteiger partial charge in [0.05, 0.1) is 30.9 Å². The molecule has 256 valence electrons. The van der Waals surface area contributed by atoms with Gasteiger partial charge >= 0.3 is 12.4 Å². The zero-order valence-electron chi connectivity index (χ0n) is 26.1. The number of hydroxylamine groups is 1. The molecule has 0 unspecified atom stereocenters. The number of alkyl halides is 6. The summed E-state index contributed by atoms with van der Waals surface area (Å²) < 4.78 is 86.9. The molecule has 1 amide bonds. The standard InChI is InChI=1S/C33H39F6N5O3/c1-23(41-47-14-4-8-42-12-15-46-16-13-42)7-9-43-10-11-44(28(22-43)19-25-21-40-30-6-3-2-5-29(25)30)31(45)24-17-26(32(34,35)36)20-27(18-24)33(37,38)39/h2-3,5-7,17-18,20-21,28,40-41H,4,8-16,19,22H2,1H3/t28-/m1/s1. The summed E-state index contributed by atoms with van der Waals surface area (Å²) in [7, 11) is 0. The first-order valence-corrected chi connectivity index (χ1v) is 15.6. The van der Waals surface area contributed by atoms with Crippen molar-refractivity contribution in [3.63, 3.8) is 0 Å². The second-order valence-electron chi connectivity index (χ2n) is 11.9. The summed E-state index contributed by atoms with van der Waals surface area (Å²) in [5, 5.41) is 0.932. The van der Waals surface area contributed by atoms with E-state index in [4.69, 9.17) is 9.57 Å². The molecule has 2 aliphatic heterocycles. The fourth-order valence-corrected chi connectivity index (χ4v) is 5.98. The van der Waals surface area contributed by atoms with Gasteiger partial charge in [0.15, 0.2) is 0 Å². The van der Waals surface area contributed by atoms with Gasteiger partial charge in [-0.15, -0.1) is 0 Å². The predicted molar refractivity (Wildman–Crippen MR) is 164 cm³/mol. The molecular weight excluding hydrogens is 628 g/mol. The molecule has 1 atom stereocenters. The Morgan fingerprint density at radius 3 is 2.40 bits per heavy atom. The van der Waals surface area contributed by atoms with E-state index in [2.05, 4.69) is 20.3 Å². The molecule has 2 N–H and O–H groups in total. The zero-order chi connectivity index (χ0) is 33.6. The number of amides is 1. The maximum absolute atomic E-state index is 13.7. The summed E-state index contributed by atoms with van der Waals surface area (Å²) in [6, 6.07) is 8.12. The molecule has 3 aromatic rings. The molecule has 47 heavy (non-hydrogen) atoms. The Hall–Kier alpha value is -3.59. The summed E-state index contributed by atoms with van der Waals surface area (Å²) in [5.74, 6) is -0.870. The van der Waals surface area contributed by atoms with Crippen molar-refractivity contribution in [2.45, 2.75) is 38.2 Å². The number of nitrogens with one attached hydrogen (secondary N) is 2. The van der Waals surface area contributed by atoms with Crippen molar-refractivity contribution >= 4 is 16.8 Å². The lowest BCUT2D eigenvalue weighted by Gasteiger charge is -2.41. The van der Waals surface area contributed by atoms with Crippen molar-refractivity contribution in [1.29, 1.82) is 0 Å². The zero-order valence-corrected chi connectivity index (χ0v) is 26.1. The van der Waals surface area contributed by atoms with Crippen LogP contribution in [0.3, 0.4) is 0 Å². The number of halogens is 6. The van der Waals surface area contributed by atoms with E-state index < -0.39 is 41.0 Å². The highest BCUT2D eigenvalue weighted by Gasteiger charge is 2.39. The van der Waals surface area contributed by atoms with Crippen LogP contribution in [0.1, 0.15) is 40.4 Å². The van der Waals surface area contributed by atoms with Gasteiger partial charge in [-0.1, -0.05) is 18.2 Å². The van der Waals surface area contributed by atoms with E-state index in [1.165, 1.54) is 4.90 Å². The molecule has 0 bridgehead atoms. The SMILES string of the molecule is CC(=CCN1CCN(C(=O)c2cc(C(F)(F)F)cc(C(F)(F)F)c2)[C@H](Cc2c[nH]c3ccccc23)C1)NOCCCN1CCOCC1. The number of nitrogens with zero attached hydrogens (tertiary/aromatic N) is 3. The lowest BCUT2D eigenvalue weighted by Crippen LogP contribution is -2.56. The van der Waals surface area contributed by atoms with Crippen LogP contribution in [-0.4, -0.2) is 97.3 Å². The highest BCUT2D eigenvalue weighted by Crippen LogP contribution is 2.37. The molecule has 5 rings (SSSR count). The number of carbonyl (C=O) groups excluding carboxylic acids is 1. The summed E-state index contributed by atoms with van der Waals surface area (Å²) in [6.07, 6.45) is -5.12. The number of hydrogen-bond donors (Lipinski definition) is 2. The number of H-pyrrole nitrogens is 1. The molecule has 14 heteroatoms. The van der Waals surface area contributed by atoms with E-state index in [-0.39, 0.29) is 12.6 Å². The van der Waals surface area contributed by atoms with E-state index >= 15 is 0 Å². The first kappa shape index (κ1) is 34.7. The second kappa shape index (κ2) is 15.1. The number of hydrogen-bond acceptors (Lipinski definition) is 6. The molecule has 3 heterocycles. The Morgan fingerprint density at radius 1 is 1.00 bits per heavy atom. The topological polar surface area (TPSA) is 73.1 Å². The van der Waals surface area contributed by atoms with Crippen molar-refractivity contribution in [1.82, 2.24) is 25.2 Å². The van der Waals surface area contributed by atoms with E-state index in [9.17, 15) is 31.1 Å². The van der Waals surface area contributed by atoms with Crippen LogP contribution in [0.2, 0.25) is 0 Å². The van der Waals surface area contributed by atoms with Crippen LogP contribution in [0.25, 0.3) is 10.9 Å². The molecular formula is C33H39F6N5O3. The van der Waals surface area contributed by atoms with Gasteiger partial charge in [0.25, 0.3) is 5.91 Å². The second-order valence-corrected chi connectivity index (χ2v) is 11.9. The van der Waals surface area contributed by atoms with Crippen LogP contribution in [-0.2, 0) is 28.3 Å². The molecule has 2 aromatic carbocycles. The number of fused-ring (bicyclic) bond motifs is 1. The summed E-state index contributed by atoms with van der Waals surface area (Å²) >= 11 is 0. The molecule has 0 spiro atoms. The molecule has 0 saturated carbocycles. The highest BCUT2D eigenvalue weighted by atomic mass is 19.4. The Balaban J connectivity index is 1.28. The van der Waals surface area contributed by atoms with Gasteiger partial charge in [-0.25, -0.2) is 0 Å². The van der Waals surface area contributed by atoms with Gasteiger partial charge in [-0.05, 0) is 55.7 Å². The lowest BCUT2D eigenvalue weighted by molar-refractivity contribution is -0.143. The van der Waals surface area contributed by atoms with Crippen LogP contribution in [0.15, 0.2) is 60.4 Å². The number of aromatic nitrogens is 1. The van der Waals surface area contributed by atoms with Crippen LogP contribution in [0, 0.1) is 0 Å². The Morgan fingerprint density at radius 2 is 1.70 bits per heavy atom. The lowest BCUT2D eigenvalue weighted by atomic mass is 9.98. The number of para-hydroxylation sites is 1. The maximum atomic E-state index is 13.7. The number of allylic oxidation sites excluding steroid dienone is 1. The number of rotatable bonds is 11. The number of ether oxygens (including phenoxy) is 1. The van der Waals surface area contributed by atoms with Gasteiger partial charge < -0.3 is 14.6 Å². The molecule has 0 radical (unpaired) electrons. The average Bonchev–Trinajstić information content (AvgIpc) is 3.45. The first-order chi connectivity index (χ1) is 22.4.